The molecule has 0 saturated carbocycles. The average Bonchev–Trinajstić information content (AvgIpc) is 3.22. The Kier molecular flexibility index (Phi) is 8.99. The Bertz CT molecular complexity index is 1380. The van der Waals surface area contributed by atoms with Crippen molar-refractivity contribution < 1.29 is 24.2 Å². The first-order valence-electron chi connectivity index (χ1n) is 13.5. The molecule has 7 nitrogen and oxygen atoms in total. The van der Waals surface area contributed by atoms with E-state index in [9.17, 15) is 14.7 Å². The summed E-state index contributed by atoms with van der Waals surface area (Å²) >= 11 is 3.46. The monoisotopic (exact) mass is 604 g/mol. The number of carbonyl (C=O) groups is 2. The summed E-state index contributed by atoms with van der Waals surface area (Å²) in [5.74, 6) is -0.801. The van der Waals surface area contributed by atoms with Gasteiger partial charge in [0.1, 0.15) is 18.1 Å². The fourth-order valence-corrected chi connectivity index (χ4v) is 5.49. The first-order chi connectivity index (χ1) is 19.4. The molecule has 0 aromatic heterocycles. The molecule has 208 valence electrons. The Morgan fingerprint density at radius 1 is 1.00 bits per heavy atom. The first-order valence-corrected chi connectivity index (χ1v) is 14.3. The van der Waals surface area contributed by atoms with E-state index in [1.54, 1.807) is 29.2 Å². The number of benzene rings is 3. The summed E-state index contributed by atoms with van der Waals surface area (Å²) in [5.41, 5.74) is 3.56. The normalized spacial score (nSPS) is 19.2. The standard InChI is InChI=1S/C32H33BrN2O5/c1-22-4-2-5-23(20-22)21-40-27-12-8-25(9-13-27)30(36)28-29(24-6-10-26(33)11-7-24)35(32(38)31(28)37)15-3-14-34-16-18-39-19-17-34/h2,4-13,20,29,36H,3,14-19,21H2,1H3/b30-28+. The van der Waals surface area contributed by atoms with Gasteiger partial charge in [0.15, 0.2) is 0 Å². The van der Waals surface area contributed by atoms with Crippen molar-refractivity contribution in [1.82, 2.24) is 9.80 Å². The number of likely N-dealkylation sites (tertiary alicyclic amines) is 1. The van der Waals surface area contributed by atoms with E-state index in [1.807, 2.05) is 49.4 Å². The predicted octanol–water partition coefficient (Wildman–Crippen LogP) is 5.48. The molecule has 40 heavy (non-hydrogen) atoms. The smallest absolute Gasteiger partial charge is 0.295 e. The Labute approximate surface area is 243 Å². The lowest BCUT2D eigenvalue weighted by molar-refractivity contribution is -0.140. The van der Waals surface area contributed by atoms with E-state index in [-0.39, 0.29) is 11.3 Å². The van der Waals surface area contributed by atoms with Crippen LogP contribution in [0.25, 0.3) is 5.76 Å². The van der Waals surface area contributed by atoms with Crippen LogP contribution in [-0.4, -0.2) is 66.0 Å². The maximum atomic E-state index is 13.3. The van der Waals surface area contributed by atoms with E-state index >= 15 is 0 Å². The molecule has 3 aromatic rings. The van der Waals surface area contributed by atoms with E-state index in [1.165, 1.54) is 5.56 Å². The number of Topliss-reactive ketones (excluding diaryl/α,β-unsaturated/α-hetero) is 1. The van der Waals surface area contributed by atoms with Crippen LogP contribution in [-0.2, 0) is 20.9 Å². The molecule has 1 unspecified atom stereocenters. The fraction of sp³-hybridized carbons (Fsp3) is 0.312. The number of aryl methyl sites for hydroxylation is 1. The number of halogens is 1. The minimum absolute atomic E-state index is 0.104. The molecule has 8 heteroatoms. The number of ketones is 1. The minimum Gasteiger partial charge on any atom is -0.507 e. The molecule has 3 aromatic carbocycles. The lowest BCUT2D eigenvalue weighted by Crippen LogP contribution is -2.38. The summed E-state index contributed by atoms with van der Waals surface area (Å²) < 4.78 is 12.2. The van der Waals surface area contributed by atoms with Gasteiger partial charge in [0.05, 0.1) is 24.8 Å². The van der Waals surface area contributed by atoms with Crippen molar-refractivity contribution in [2.75, 3.05) is 39.4 Å². The van der Waals surface area contributed by atoms with Crippen molar-refractivity contribution in [2.24, 2.45) is 0 Å². The zero-order valence-electron chi connectivity index (χ0n) is 22.5. The van der Waals surface area contributed by atoms with Crippen LogP contribution in [0, 0.1) is 6.92 Å². The Balaban J connectivity index is 1.38. The number of hydrogen-bond acceptors (Lipinski definition) is 6. The summed E-state index contributed by atoms with van der Waals surface area (Å²) in [4.78, 5) is 30.5. The number of rotatable bonds is 9. The van der Waals surface area contributed by atoms with Gasteiger partial charge in [-0.3, -0.25) is 14.5 Å². The molecule has 1 N–H and O–H groups in total. The van der Waals surface area contributed by atoms with Gasteiger partial charge in [-0.15, -0.1) is 0 Å². The fourth-order valence-electron chi connectivity index (χ4n) is 5.22. The molecular weight excluding hydrogens is 572 g/mol. The van der Waals surface area contributed by atoms with Gasteiger partial charge >= 0.3 is 0 Å². The lowest BCUT2D eigenvalue weighted by atomic mass is 9.95. The highest BCUT2D eigenvalue weighted by Gasteiger charge is 2.45. The number of amides is 1. The van der Waals surface area contributed by atoms with Crippen LogP contribution in [0.1, 0.15) is 34.7 Å². The van der Waals surface area contributed by atoms with Crippen molar-refractivity contribution in [3.05, 3.63) is 105 Å². The molecule has 1 amide bonds. The third-order valence-electron chi connectivity index (χ3n) is 7.32. The van der Waals surface area contributed by atoms with E-state index in [0.29, 0.717) is 44.1 Å². The molecule has 0 spiro atoms. The number of nitrogens with zero attached hydrogens (tertiary/aromatic N) is 2. The quantitative estimate of drug-likeness (QED) is 0.198. The van der Waals surface area contributed by atoms with Crippen LogP contribution in [0.5, 0.6) is 5.75 Å². The summed E-state index contributed by atoms with van der Waals surface area (Å²) in [7, 11) is 0. The van der Waals surface area contributed by atoms with Crippen LogP contribution >= 0.6 is 15.9 Å². The zero-order chi connectivity index (χ0) is 28.1. The first kappa shape index (κ1) is 28.1. The molecule has 5 rings (SSSR count). The number of morpholine rings is 1. The van der Waals surface area contributed by atoms with Gasteiger partial charge in [-0.2, -0.15) is 0 Å². The molecule has 2 heterocycles. The molecule has 0 radical (unpaired) electrons. The number of ether oxygens (including phenoxy) is 2. The highest BCUT2D eigenvalue weighted by atomic mass is 79.9. The molecule has 2 aliphatic heterocycles. The SMILES string of the molecule is Cc1cccc(COc2ccc(/C(O)=C3\C(=O)C(=O)N(CCCN4CCOCC4)C3c3ccc(Br)cc3)cc2)c1. The third kappa shape index (κ3) is 6.46. The van der Waals surface area contributed by atoms with Gasteiger partial charge in [0.25, 0.3) is 11.7 Å². The largest absolute Gasteiger partial charge is 0.507 e. The van der Waals surface area contributed by atoms with Gasteiger partial charge in [-0.05, 0) is 60.9 Å². The van der Waals surface area contributed by atoms with Gasteiger partial charge in [0.2, 0.25) is 0 Å². The third-order valence-corrected chi connectivity index (χ3v) is 7.85. The second kappa shape index (κ2) is 12.8. The van der Waals surface area contributed by atoms with Crippen molar-refractivity contribution in [2.45, 2.75) is 26.0 Å². The maximum absolute atomic E-state index is 13.3. The van der Waals surface area contributed by atoms with Crippen LogP contribution in [0.3, 0.4) is 0 Å². The van der Waals surface area contributed by atoms with Crippen LogP contribution < -0.4 is 4.74 Å². The Morgan fingerprint density at radius 2 is 1.73 bits per heavy atom. The van der Waals surface area contributed by atoms with E-state index in [0.717, 1.165) is 35.2 Å². The van der Waals surface area contributed by atoms with Gasteiger partial charge in [-0.1, -0.05) is 57.9 Å². The van der Waals surface area contributed by atoms with Crippen LogP contribution in [0.4, 0.5) is 0 Å². The summed E-state index contributed by atoms with van der Waals surface area (Å²) in [6.45, 7) is 6.81. The molecule has 0 bridgehead atoms. The van der Waals surface area contributed by atoms with Crippen molar-refractivity contribution in [3.8, 4) is 5.75 Å². The lowest BCUT2D eigenvalue weighted by Gasteiger charge is -2.29. The second-order valence-electron chi connectivity index (χ2n) is 10.2. The molecule has 1 atom stereocenters. The zero-order valence-corrected chi connectivity index (χ0v) is 24.1. The van der Waals surface area contributed by atoms with Crippen molar-refractivity contribution >= 4 is 33.4 Å². The molecule has 2 aliphatic rings. The van der Waals surface area contributed by atoms with Gasteiger partial charge < -0.3 is 19.5 Å². The van der Waals surface area contributed by atoms with Crippen molar-refractivity contribution in [1.29, 1.82) is 0 Å². The van der Waals surface area contributed by atoms with Gasteiger partial charge in [-0.25, -0.2) is 0 Å². The second-order valence-corrected chi connectivity index (χ2v) is 11.1. The minimum atomic E-state index is -0.671. The highest BCUT2D eigenvalue weighted by molar-refractivity contribution is 9.10. The number of aliphatic hydroxyl groups excluding tert-OH is 1. The number of hydrogen-bond donors (Lipinski definition) is 1. The molecular formula is C32H33BrN2O5. The van der Waals surface area contributed by atoms with E-state index in [2.05, 4.69) is 26.9 Å². The molecule has 2 fully saturated rings. The maximum Gasteiger partial charge on any atom is 0.295 e. The summed E-state index contributed by atoms with van der Waals surface area (Å²) in [6, 6.07) is 21.9. The van der Waals surface area contributed by atoms with E-state index in [4.69, 9.17) is 9.47 Å². The van der Waals surface area contributed by atoms with E-state index < -0.39 is 17.7 Å². The topological polar surface area (TPSA) is 79.3 Å². The summed E-state index contributed by atoms with van der Waals surface area (Å²) in [5, 5.41) is 11.4. The highest BCUT2D eigenvalue weighted by Crippen LogP contribution is 2.40. The average molecular weight is 606 g/mol. The Morgan fingerprint density at radius 3 is 2.42 bits per heavy atom. The predicted molar refractivity (Wildman–Crippen MR) is 157 cm³/mol. The van der Waals surface area contributed by atoms with Crippen LogP contribution in [0.2, 0.25) is 0 Å². The van der Waals surface area contributed by atoms with Gasteiger partial charge in [0, 0.05) is 36.2 Å². The number of carbonyl (C=O) groups excluding carboxylic acids is 2. The number of aliphatic hydroxyl groups is 1. The summed E-state index contributed by atoms with van der Waals surface area (Å²) in [6.07, 6.45) is 0.715. The molecule has 0 aliphatic carbocycles. The van der Waals surface area contributed by atoms with Crippen molar-refractivity contribution in [3.63, 3.8) is 0 Å². The molecule has 2 saturated heterocycles. The van der Waals surface area contributed by atoms with Crippen LogP contribution in [0.15, 0.2) is 82.8 Å². The Hall–Kier alpha value is -3.46.